The van der Waals surface area contributed by atoms with Gasteiger partial charge in [0.05, 0.1) is 5.71 Å². The zero-order valence-electron chi connectivity index (χ0n) is 16.9. The number of carboxylic acids is 2. The molecule has 2 N–H and O–H groups in total. The van der Waals surface area contributed by atoms with Gasteiger partial charge >= 0.3 is 11.9 Å². The Morgan fingerprint density at radius 3 is 2.15 bits per heavy atom. The quantitative estimate of drug-likeness (QED) is 0.544. The van der Waals surface area contributed by atoms with Gasteiger partial charge in [-0.25, -0.2) is 9.59 Å². The fourth-order valence-electron chi connectivity index (χ4n) is 3.76. The molecule has 0 radical (unpaired) electrons. The lowest BCUT2D eigenvalue weighted by Crippen LogP contribution is -2.38. The molecule has 0 aliphatic heterocycles. The minimum atomic E-state index is -1.26. The minimum Gasteiger partial charge on any atom is -0.478 e. The van der Waals surface area contributed by atoms with Crippen molar-refractivity contribution in [3.8, 4) is 0 Å². The number of aliphatic carboxylic acids is 2. The number of hydrazone groups is 1. The minimum absolute atomic E-state index is 0.558. The van der Waals surface area contributed by atoms with Gasteiger partial charge in [0.15, 0.2) is 0 Å². The summed E-state index contributed by atoms with van der Waals surface area (Å²) in [5.74, 6) is -2.51. The Bertz CT molecular complexity index is 588. The van der Waals surface area contributed by atoms with E-state index in [0.29, 0.717) is 12.2 Å². The topological polar surface area (TPSA) is 93.4 Å². The maximum atomic E-state index is 9.55. The van der Waals surface area contributed by atoms with Gasteiger partial charge in [-0.2, -0.15) is 5.10 Å². The standard InChI is InChI=1S/C16H29N3.C4H4O4/c1-5-19(6-2)14-10-11-15-13(12-14)8-7-9-16(15)17-18(3)4;5-3(6)1-2-4(7)8/h14H,5-12H2,1-4H3;1-2H,(H,5,6)(H,7,8)/b;2-1-. The van der Waals surface area contributed by atoms with Gasteiger partial charge < -0.3 is 20.1 Å². The van der Waals surface area contributed by atoms with E-state index < -0.39 is 11.9 Å². The molecule has 0 saturated carbocycles. The first kappa shape index (κ1) is 22.9. The maximum Gasteiger partial charge on any atom is 0.328 e. The summed E-state index contributed by atoms with van der Waals surface area (Å²) in [4.78, 5) is 21.7. The molecule has 0 bridgehead atoms. The summed E-state index contributed by atoms with van der Waals surface area (Å²) < 4.78 is 0. The van der Waals surface area contributed by atoms with Gasteiger partial charge in [-0.15, -0.1) is 0 Å². The Morgan fingerprint density at radius 2 is 1.67 bits per heavy atom. The first-order valence-electron chi connectivity index (χ1n) is 9.62. The van der Waals surface area contributed by atoms with Crippen molar-refractivity contribution in [3.05, 3.63) is 23.3 Å². The van der Waals surface area contributed by atoms with Gasteiger partial charge in [-0.1, -0.05) is 19.4 Å². The molecule has 0 spiro atoms. The Hall–Kier alpha value is -2.15. The van der Waals surface area contributed by atoms with Crippen LogP contribution in [0.3, 0.4) is 0 Å². The van der Waals surface area contributed by atoms with Gasteiger partial charge in [0.25, 0.3) is 0 Å². The van der Waals surface area contributed by atoms with Crippen LogP contribution in [0.15, 0.2) is 28.4 Å². The van der Waals surface area contributed by atoms with Crippen molar-refractivity contribution in [1.29, 1.82) is 0 Å². The average molecular weight is 380 g/mol. The lowest BCUT2D eigenvalue weighted by Gasteiger charge is -2.37. The van der Waals surface area contributed by atoms with E-state index in [1.807, 2.05) is 19.1 Å². The summed E-state index contributed by atoms with van der Waals surface area (Å²) in [6.07, 6.45) is 8.72. The zero-order chi connectivity index (χ0) is 20.4. The molecular formula is C20H33N3O4. The van der Waals surface area contributed by atoms with E-state index in [1.165, 1.54) is 57.3 Å². The highest BCUT2D eigenvalue weighted by molar-refractivity contribution is 6.01. The van der Waals surface area contributed by atoms with Crippen LogP contribution in [0.1, 0.15) is 52.4 Å². The third kappa shape index (κ3) is 7.95. The second kappa shape index (κ2) is 11.5. The van der Waals surface area contributed by atoms with Crippen LogP contribution >= 0.6 is 0 Å². The molecule has 1 unspecified atom stereocenters. The third-order valence-electron chi connectivity index (χ3n) is 4.89. The maximum absolute atomic E-state index is 9.55. The number of rotatable bonds is 6. The molecule has 0 heterocycles. The monoisotopic (exact) mass is 379 g/mol. The number of hydrogen-bond acceptors (Lipinski definition) is 5. The van der Waals surface area contributed by atoms with Crippen molar-refractivity contribution in [2.24, 2.45) is 5.10 Å². The Kier molecular flexibility index (Phi) is 9.78. The summed E-state index contributed by atoms with van der Waals surface area (Å²) >= 11 is 0. The number of hydrogen-bond donors (Lipinski definition) is 2. The molecule has 27 heavy (non-hydrogen) atoms. The summed E-state index contributed by atoms with van der Waals surface area (Å²) in [5, 5.41) is 22.3. The second-order valence-corrected chi connectivity index (χ2v) is 6.96. The van der Waals surface area contributed by atoms with Gasteiger partial charge in [-0.05, 0) is 57.2 Å². The highest BCUT2D eigenvalue weighted by Crippen LogP contribution is 2.36. The lowest BCUT2D eigenvalue weighted by atomic mass is 9.78. The molecule has 0 amide bonds. The van der Waals surface area contributed by atoms with Crippen LogP contribution in [0, 0.1) is 0 Å². The Morgan fingerprint density at radius 1 is 1.07 bits per heavy atom. The van der Waals surface area contributed by atoms with Crippen molar-refractivity contribution in [2.75, 3.05) is 27.2 Å². The van der Waals surface area contributed by atoms with Gasteiger partial charge in [-0.3, -0.25) is 0 Å². The van der Waals surface area contributed by atoms with Crippen LogP contribution < -0.4 is 0 Å². The van der Waals surface area contributed by atoms with Crippen LogP contribution in [-0.4, -0.2) is 71.0 Å². The van der Waals surface area contributed by atoms with Crippen LogP contribution in [-0.2, 0) is 9.59 Å². The Labute approximate surface area is 162 Å². The largest absolute Gasteiger partial charge is 0.478 e. The van der Waals surface area contributed by atoms with Crippen LogP contribution in [0.5, 0.6) is 0 Å². The summed E-state index contributed by atoms with van der Waals surface area (Å²) in [7, 11) is 4.06. The molecule has 0 saturated heterocycles. The van der Waals surface area contributed by atoms with Crippen molar-refractivity contribution in [1.82, 2.24) is 9.91 Å². The van der Waals surface area contributed by atoms with Gasteiger partial charge in [0.1, 0.15) is 0 Å². The number of nitrogens with zero attached hydrogens (tertiary/aromatic N) is 3. The molecule has 7 nitrogen and oxygen atoms in total. The van der Waals surface area contributed by atoms with Crippen LogP contribution in [0.25, 0.3) is 0 Å². The summed E-state index contributed by atoms with van der Waals surface area (Å²) in [5.41, 5.74) is 4.67. The summed E-state index contributed by atoms with van der Waals surface area (Å²) in [6, 6.07) is 0.771. The van der Waals surface area contributed by atoms with Crippen molar-refractivity contribution in [2.45, 2.75) is 58.4 Å². The third-order valence-corrected chi connectivity index (χ3v) is 4.89. The molecule has 0 aromatic heterocycles. The fourth-order valence-corrected chi connectivity index (χ4v) is 3.76. The first-order chi connectivity index (χ1) is 12.8. The van der Waals surface area contributed by atoms with E-state index in [1.54, 1.807) is 11.1 Å². The predicted octanol–water partition coefficient (Wildman–Crippen LogP) is 2.99. The first-order valence-corrected chi connectivity index (χ1v) is 9.62. The molecule has 0 fully saturated rings. The molecular weight excluding hydrogens is 346 g/mol. The smallest absolute Gasteiger partial charge is 0.328 e. The molecule has 2 rings (SSSR count). The van der Waals surface area contributed by atoms with Gasteiger partial charge in [0.2, 0.25) is 0 Å². The fraction of sp³-hybridized carbons (Fsp3) is 0.650. The predicted molar refractivity (Wildman–Crippen MR) is 107 cm³/mol. The highest BCUT2D eigenvalue weighted by Gasteiger charge is 2.28. The van der Waals surface area contributed by atoms with Crippen molar-refractivity contribution < 1.29 is 19.8 Å². The molecule has 2 aliphatic carbocycles. The number of allylic oxidation sites excluding steroid dienone is 1. The lowest BCUT2D eigenvalue weighted by molar-refractivity contribution is -0.134. The number of carbonyl (C=O) groups is 2. The van der Waals surface area contributed by atoms with E-state index in [0.717, 1.165) is 6.04 Å². The Balaban J connectivity index is 0.000000387. The molecule has 1 atom stereocenters. The highest BCUT2D eigenvalue weighted by atomic mass is 16.4. The van der Waals surface area contributed by atoms with E-state index in [4.69, 9.17) is 15.3 Å². The SMILES string of the molecule is CCN(CC)C1CCC2=C(CCCC2=NN(C)C)C1.O=C(O)/C=C\C(=O)O. The normalized spacial score (nSPS) is 21.1. The van der Waals surface area contributed by atoms with E-state index >= 15 is 0 Å². The molecule has 152 valence electrons. The van der Waals surface area contributed by atoms with Crippen molar-refractivity contribution in [3.63, 3.8) is 0 Å². The van der Waals surface area contributed by atoms with Crippen LogP contribution in [0.2, 0.25) is 0 Å². The van der Waals surface area contributed by atoms with E-state index in [2.05, 4.69) is 18.7 Å². The van der Waals surface area contributed by atoms with E-state index in [-0.39, 0.29) is 0 Å². The van der Waals surface area contributed by atoms with Crippen molar-refractivity contribution >= 4 is 17.7 Å². The second-order valence-electron chi connectivity index (χ2n) is 6.96. The van der Waals surface area contributed by atoms with E-state index in [9.17, 15) is 9.59 Å². The molecule has 7 heteroatoms. The number of carboxylic acid groups (broad SMARTS) is 2. The average Bonchev–Trinajstić information content (AvgIpc) is 2.61. The molecule has 2 aliphatic rings. The zero-order valence-corrected chi connectivity index (χ0v) is 16.9. The summed E-state index contributed by atoms with van der Waals surface area (Å²) in [6.45, 7) is 6.94. The van der Waals surface area contributed by atoms with Gasteiger partial charge in [0, 0.05) is 32.3 Å². The molecule has 0 aromatic carbocycles. The molecule has 0 aromatic rings. The van der Waals surface area contributed by atoms with Crippen LogP contribution in [0.4, 0.5) is 0 Å².